The molecule has 94 valence electrons. The van der Waals surface area contributed by atoms with Crippen LogP contribution in [0.25, 0.3) is 0 Å². The van der Waals surface area contributed by atoms with Crippen LogP contribution < -0.4 is 0 Å². The van der Waals surface area contributed by atoms with Gasteiger partial charge in [-0.3, -0.25) is 4.18 Å². The number of carbonyl (C=O) groups is 1. The molecule has 0 aliphatic rings. The summed E-state index contributed by atoms with van der Waals surface area (Å²) in [7, 11) is -2.23. The van der Waals surface area contributed by atoms with Crippen LogP contribution in [0.1, 0.15) is 15.9 Å². The van der Waals surface area contributed by atoms with Gasteiger partial charge in [-0.25, -0.2) is 4.79 Å². The minimum atomic E-state index is -3.51. The number of ether oxygens (including phenoxy) is 1. The lowest BCUT2D eigenvalue weighted by Gasteiger charge is -2.05. The average Bonchev–Trinajstić information content (AvgIpc) is 2.23. The quantitative estimate of drug-likeness (QED) is 0.623. The van der Waals surface area contributed by atoms with Crippen LogP contribution in [0.2, 0.25) is 0 Å². The summed E-state index contributed by atoms with van der Waals surface area (Å²) in [4.78, 5) is 11.3. The van der Waals surface area contributed by atoms with Crippen LogP contribution >= 0.6 is 15.9 Å². The van der Waals surface area contributed by atoms with Crippen molar-refractivity contribution >= 4 is 32.0 Å². The molecule has 17 heavy (non-hydrogen) atoms. The number of carbonyl (C=O) groups excluding carboxylic acids is 1. The fourth-order valence-electron chi connectivity index (χ4n) is 1.14. The molecule has 5 nitrogen and oxygen atoms in total. The van der Waals surface area contributed by atoms with E-state index < -0.39 is 16.1 Å². The number of benzene rings is 1. The first-order chi connectivity index (χ1) is 7.81. The number of esters is 1. The van der Waals surface area contributed by atoms with Crippen molar-refractivity contribution < 1.29 is 22.1 Å². The number of hydrogen-bond donors (Lipinski definition) is 0. The average molecular weight is 323 g/mol. The van der Waals surface area contributed by atoms with Gasteiger partial charge in [-0.1, -0.05) is 15.9 Å². The molecule has 0 radical (unpaired) electrons. The first-order valence-corrected chi connectivity index (χ1v) is 7.15. The highest BCUT2D eigenvalue weighted by molar-refractivity contribution is 9.10. The molecule has 0 N–H and O–H groups in total. The van der Waals surface area contributed by atoms with Crippen molar-refractivity contribution in [3.05, 3.63) is 33.8 Å². The fraction of sp³-hybridized carbons (Fsp3) is 0.300. The Bertz CT molecular complexity index is 523. The van der Waals surface area contributed by atoms with Crippen molar-refractivity contribution in [2.45, 2.75) is 6.61 Å². The molecule has 1 aromatic carbocycles. The SMILES string of the molecule is COC(=O)c1cc(Br)cc(COS(C)(=O)=O)c1. The first kappa shape index (κ1) is 14.1. The number of methoxy groups -OCH3 is 1. The van der Waals surface area contributed by atoms with Gasteiger partial charge in [-0.15, -0.1) is 0 Å². The molecule has 0 aliphatic heterocycles. The van der Waals surface area contributed by atoms with Crippen LogP contribution in [0.15, 0.2) is 22.7 Å². The highest BCUT2D eigenvalue weighted by atomic mass is 79.9. The van der Waals surface area contributed by atoms with Crippen molar-refractivity contribution in [2.75, 3.05) is 13.4 Å². The smallest absolute Gasteiger partial charge is 0.337 e. The molecule has 0 fully saturated rings. The van der Waals surface area contributed by atoms with E-state index in [0.29, 0.717) is 15.6 Å². The van der Waals surface area contributed by atoms with Gasteiger partial charge in [0.05, 0.1) is 25.5 Å². The zero-order valence-electron chi connectivity index (χ0n) is 9.27. The predicted molar refractivity (Wildman–Crippen MR) is 65.1 cm³/mol. The molecule has 7 heteroatoms. The van der Waals surface area contributed by atoms with Gasteiger partial charge in [0.2, 0.25) is 0 Å². The van der Waals surface area contributed by atoms with E-state index in [4.69, 9.17) is 0 Å². The molecular weight excluding hydrogens is 312 g/mol. The lowest BCUT2D eigenvalue weighted by atomic mass is 10.1. The summed E-state index contributed by atoms with van der Waals surface area (Å²) in [5.41, 5.74) is 0.888. The maximum atomic E-state index is 11.3. The molecule has 0 heterocycles. The predicted octanol–water partition coefficient (Wildman–Crippen LogP) is 1.71. The number of halogens is 1. The van der Waals surface area contributed by atoms with Gasteiger partial charge < -0.3 is 4.74 Å². The van der Waals surface area contributed by atoms with E-state index in [0.717, 1.165) is 6.26 Å². The molecule has 1 aromatic rings. The molecular formula is C10H11BrO5S. The standard InChI is InChI=1S/C10H11BrO5S/c1-15-10(12)8-3-7(4-9(11)5-8)6-16-17(2,13)14/h3-5H,6H2,1-2H3. The van der Waals surface area contributed by atoms with E-state index in [9.17, 15) is 13.2 Å². The molecule has 0 saturated carbocycles. The van der Waals surface area contributed by atoms with Crippen LogP contribution in [0.3, 0.4) is 0 Å². The van der Waals surface area contributed by atoms with E-state index in [1.165, 1.54) is 13.2 Å². The lowest BCUT2D eigenvalue weighted by Crippen LogP contribution is -2.05. The Balaban J connectivity index is 2.94. The monoisotopic (exact) mass is 322 g/mol. The van der Waals surface area contributed by atoms with Gasteiger partial charge in [0.25, 0.3) is 10.1 Å². The van der Waals surface area contributed by atoms with Gasteiger partial charge in [-0.05, 0) is 23.8 Å². The van der Waals surface area contributed by atoms with Crippen LogP contribution in [-0.2, 0) is 25.6 Å². The van der Waals surface area contributed by atoms with Crippen molar-refractivity contribution in [1.82, 2.24) is 0 Å². The summed E-state index contributed by atoms with van der Waals surface area (Å²) in [6, 6.07) is 4.76. The Hall–Kier alpha value is -0.920. The molecule has 0 atom stereocenters. The van der Waals surface area contributed by atoms with Crippen LogP contribution in [0.5, 0.6) is 0 Å². The van der Waals surface area contributed by atoms with E-state index in [1.807, 2.05) is 0 Å². The largest absolute Gasteiger partial charge is 0.465 e. The third kappa shape index (κ3) is 4.84. The van der Waals surface area contributed by atoms with Gasteiger partial charge in [0.1, 0.15) is 0 Å². The molecule has 0 bridgehead atoms. The van der Waals surface area contributed by atoms with Crippen molar-refractivity contribution in [3.63, 3.8) is 0 Å². The number of hydrogen-bond acceptors (Lipinski definition) is 5. The van der Waals surface area contributed by atoms with E-state index in [2.05, 4.69) is 24.8 Å². The second-order valence-electron chi connectivity index (χ2n) is 3.31. The Morgan fingerprint density at radius 1 is 1.35 bits per heavy atom. The molecule has 0 spiro atoms. The van der Waals surface area contributed by atoms with Gasteiger partial charge >= 0.3 is 5.97 Å². The van der Waals surface area contributed by atoms with E-state index >= 15 is 0 Å². The third-order valence-electron chi connectivity index (χ3n) is 1.82. The molecule has 0 unspecified atom stereocenters. The molecule has 0 saturated heterocycles. The molecule has 0 aromatic heterocycles. The summed E-state index contributed by atoms with van der Waals surface area (Å²) in [6.07, 6.45) is 0.964. The maximum Gasteiger partial charge on any atom is 0.337 e. The van der Waals surface area contributed by atoms with Gasteiger partial charge in [0.15, 0.2) is 0 Å². The zero-order valence-corrected chi connectivity index (χ0v) is 11.7. The fourth-order valence-corrected chi connectivity index (χ4v) is 2.04. The van der Waals surface area contributed by atoms with Crippen molar-refractivity contribution in [1.29, 1.82) is 0 Å². The van der Waals surface area contributed by atoms with Crippen molar-refractivity contribution in [3.8, 4) is 0 Å². The normalized spacial score (nSPS) is 11.2. The summed E-state index contributed by atoms with van der Waals surface area (Å²) < 4.78 is 31.5. The van der Waals surface area contributed by atoms with Crippen molar-refractivity contribution in [2.24, 2.45) is 0 Å². The Kier molecular flexibility index (Phi) is 4.67. The topological polar surface area (TPSA) is 69.7 Å². The first-order valence-electron chi connectivity index (χ1n) is 4.54. The second-order valence-corrected chi connectivity index (χ2v) is 5.87. The molecule has 1 rings (SSSR count). The summed E-state index contributed by atoms with van der Waals surface area (Å²) in [5, 5.41) is 0. The summed E-state index contributed by atoms with van der Waals surface area (Å²) in [5.74, 6) is -0.494. The molecule has 0 amide bonds. The summed E-state index contributed by atoms with van der Waals surface area (Å²) in [6.45, 7) is -0.123. The zero-order chi connectivity index (χ0) is 13.1. The maximum absolute atomic E-state index is 11.3. The second kappa shape index (κ2) is 5.61. The van der Waals surface area contributed by atoms with E-state index in [1.54, 1.807) is 12.1 Å². The van der Waals surface area contributed by atoms with E-state index in [-0.39, 0.29) is 6.61 Å². The number of rotatable bonds is 4. The lowest BCUT2D eigenvalue weighted by molar-refractivity contribution is 0.0600. The highest BCUT2D eigenvalue weighted by Crippen LogP contribution is 2.17. The molecule has 0 aliphatic carbocycles. The van der Waals surface area contributed by atoms with Gasteiger partial charge in [0, 0.05) is 4.47 Å². The van der Waals surface area contributed by atoms with Crippen LogP contribution in [-0.4, -0.2) is 27.8 Å². The minimum Gasteiger partial charge on any atom is -0.465 e. The van der Waals surface area contributed by atoms with Crippen LogP contribution in [0, 0.1) is 0 Å². The van der Waals surface area contributed by atoms with Gasteiger partial charge in [-0.2, -0.15) is 8.42 Å². The highest BCUT2D eigenvalue weighted by Gasteiger charge is 2.09. The Morgan fingerprint density at radius 3 is 2.53 bits per heavy atom. The summed E-state index contributed by atoms with van der Waals surface area (Å²) >= 11 is 3.22. The Labute approximate surface area is 108 Å². The van der Waals surface area contributed by atoms with Crippen LogP contribution in [0.4, 0.5) is 0 Å². The minimum absolute atomic E-state index is 0.123. The third-order valence-corrected chi connectivity index (χ3v) is 2.82. The Morgan fingerprint density at radius 2 is 2.00 bits per heavy atom.